The number of nitrogens with one attached hydrogen (secondary N) is 1. The zero-order valence-corrected chi connectivity index (χ0v) is 16.9. The molecule has 1 N–H and O–H groups in total. The van der Waals surface area contributed by atoms with Gasteiger partial charge >= 0.3 is 0 Å². The highest BCUT2D eigenvalue weighted by Crippen LogP contribution is 2.43. The molecule has 0 radical (unpaired) electrons. The first-order valence-corrected chi connectivity index (χ1v) is 10.1. The Balaban J connectivity index is 1.54. The minimum absolute atomic E-state index is 0.00522. The fourth-order valence-electron chi connectivity index (χ4n) is 3.96. The molecule has 2 aliphatic rings. The van der Waals surface area contributed by atoms with Crippen LogP contribution in [0.15, 0.2) is 24.3 Å². The van der Waals surface area contributed by atoms with Crippen molar-refractivity contribution in [3.8, 4) is 0 Å². The van der Waals surface area contributed by atoms with Crippen LogP contribution in [0.5, 0.6) is 0 Å². The van der Waals surface area contributed by atoms with Crippen LogP contribution in [0, 0.1) is 13.8 Å². The highest BCUT2D eigenvalue weighted by Gasteiger charge is 2.52. The number of fused-ring (bicyclic) bond motifs is 3. The van der Waals surface area contributed by atoms with E-state index >= 15 is 0 Å². The molecule has 1 aromatic heterocycles. The molecule has 8 heteroatoms. The molecule has 2 aromatic rings. The smallest absolute Gasteiger partial charge is 0.257 e. The normalized spacial score (nSPS) is 21.0. The number of anilines is 2. The van der Waals surface area contributed by atoms with E-state index < -0.39 is 5.66 Å². The standard InChI is InChI=1S/C20H22N4O3S/c1-12-13(2)28-19(21-12)22-16(25)9-11-23-18(27)14-6-4-5-7-15(14)24-17(26)8-10-20(23,24)3/h4-7H,8-11H2,1-3H3,(H,21,22,25). The van der Waals surface area contributed by atoms with Crippen molar-refractivity contribution in [1.29, 1.82) is 0 Å². The second kappa shape index (κ2) is 6.70. The van der Waals surface area contributed by atoms with Gasteiger partial charge in [0.1, 0.15) is 5.66 Å². The molecule has 0 spiro atoms. The van der Waals surface area contributed by atoms with Crippen LogP contribution in [-0.4, -0.2) is 39.8 Å². The summed E-state index contributed by atoms with van der Waals surface area (Å²) in [7, 11) is 0. The zero-order chi connectivity index (χ0) is 20.1. The number of hydrogen-bond acceptors (Lipinski definition) is 5. The van der Waals surface area contributed by atoms with Gasteiger partial charge in [-0.05, 0) is 39.3 Å². The second-order valence-corrected chi connectivity index (χ2v) is 8.58. The molecule has 1 fully saturated rings. The number of aromatic nitrogens is 1. The summed E-state index contributed by atoms with van der Waals surface area (Å²) in [4.78, 5) is 46.9. The molecule has 4 rings (SSSR count). The Bertz CT molecular complexity index is 966. The third-order valence-electron chi connectivity index (χ3n) is 5.58. The van der Waals surface area contributed by atoms with Gasteiger partial charge in [0, 0.05) is 24.3 Å². The lowest BCUT2D eigenvalue weighted by atomic mass is 9.98. The maximum Gasteiger partial charge on any atom is 0.257 e. The second-order valence-electron chi connectivity index (χ2n) is 7.38. The van der Waals surface area contributed by atoms with Gasteiger partial charge in [0.2, 0.25) is 11.8 Å². The molecule has 7 nitrogen and oxygen atoms in total. The number of hydrogen-bond donors (Lipinski definition) is 1. The molecule has 146 valence electrons. The fraction of sp³-hybridized carbons (Fsp3) is 0.400. The van der Waals surface area contributed by atoms with Gasteiger partial charge in [-0.2, -0.15) is 0 Å². The Kier molecular flexibility index (Phi) is 4.45. The van der Waals surface area contributed by atoms with Gasteiger partial charge in [0.15, 0.2) is 5.13 Å². The molecule has 3 heterocycles. The summed E-state index contributed by atoms with van der Waals surface area (Å²) in [5.41, 5.74) is 1.32. The number of carbonyl (C=O) groups is 3. The van der Waals surface area contributed by atoms with E-state index in [1.807, 2.05) is 32.9 Å². The Morgan fingerprint density at radius 3 is 2.75 bits per heavy atom. The third kappa shape index (κ3) is 2.88. The Labute approximate surface area is 167 Å². The van der Waals surface area contributed by atoms with Gasteiger partial charge in [0.25, 0.3) is 5.91 Å². The van der Waals surface area contributed by atoms with Crippen LogP contribution in [0.3, 0.4) is 0 Å². The molecule has 0 saturated carbocycles. The van der Waals surface area contributed by atoms with Crippen LogP contribution >= 0.6 is 11.3 Å². The number of para-hydroxylation sites is 1. The molecule has 1 atom stereocenters. The van der Waals surface area contributed by atoms with Crippen molar-refractivity contribution >= 4 is 39.9 Å². The molecule has 1 unspecified atom stereocenters. The Morgan fingerprint density at radius 1 is 1.29 bits per heavy atom. The minimum atomic E-state index is -0.739. The molecule has 1 saturated heterocycles. The summed E-state index contributed by atoms with van der Waals surface area (Å²) in [6.07, 6.45) is 1.08. The monoisotopic (exact) mass is 398 g/mol. The summed E-state index contributed by atoms with van der Waals surface area (Å²) in [5.74, 6) is -0.330. The van der Waals surface area contributed by atoms with E-state index in [0.29, 0.717) is 29.2 Å². The average molecular weight is 398 g/mol. The Morgan fingerprint density at radius 2 is 2.04 bits per heavy atom. The molecule has 3 amide bonds. The maximum atomic E-state index is 13.1. The minimum Gasteiger partial charge on any atom is -0.315 e. The molecule has 0 bridgehead atoms. The largest absolute Gasteiger partial charge is 0.315 e. The van der Waals surface area contributed by atoms with Crippen molar-refractivity contribution in [3.63, 3.8) is 0 Å². The SMILES string of the molecule is Cc1nc(NC(=O)CCN2C(=O)c3ccccc3N3C(=O)CCC23C)sc1C. The van der Waals surface area contributed by atoms with Gasteiger partial charge in [0.05, 0.1) is 16.9 Å². The van der Waals surface area contributed by atoms with E-state index in [0.717, 1.165) is 10.6 Å². The molecule has 2 aliphatic heterocycles. The van der Waals surface area contributed by atoms with E-state index in [4.69, 9.17) is 0 Å². The van der Waals surface area contributed by atoms with Crippen molar-refractivity contribution in [1.82, 2.24) is 9.88 Å². The highest BCUT2D eigenvalue weighted by molar-refractivity contribution is 7.15. The lowest BCUT2D eigenvalue weighted by Gasteiger charge is -2.48. The first-order valence-electron chi connectivity index (χ1n) is 9.29. The molecule has 28 heavy (non-hydrogen) atoms. The highest BCUT2D eigenvalue weighted by atomic mass is 32.1. The lowest BCUT2D eigenvalue weighted by molar-refractivity contribution is -0.117. The molecular weight excluding hydrogens is 376 g/mol. The number of thiazole rings is 1. The van der Waals surface area contributed by atoms with Gasteiger partial charge in [-0.15, -0.1) is 11.3 Å². The predicted molar refractivity (Wildman–Crippen MR) is 107 cm³/mol. The van der Waals surface area contributed by atoms with Crippen LogP contribution in [-0.2, 0) is 9.59 Å². The van der Waals surface area contributed by atoms with Crippen LogP contribution < -0.4 is 10.2 Å². The zero-order valence-electron chi connectivity index (χ0n) is 16.1. The Hall–Kier alpha value is -2.74. The van der Waals surface area contributed by atoms with Crippen molar-refractivity contribution in [2.75, 3.05) is 16.8 Å². The van der Waals surface area contributed by atoms with Crippen LogP contribution in [0.1, 0.15) is 47.1 Å². The van der Waals surface area contributed by atoms with E-state index in [9.17, 15) is 14.4 Å². The van der Waals surface area contributed by atoms with Crippen LogP contribution in [0.2, 0.25) is 0 Å². The predicted octanol–water partition coefficient (Wildman–Crippen LogP) is 3.09. The van der Waals surface area contributed by atoms with Crippen LogP contribution in [0.25, 0.3) is 0 Å². The van der Waals surface area contributed by atoms with Crippen molar-refractivity contribution in [3.05, 3.63) is 40.4 Å². The number of benzene rings is 1. The summed E-state index contributed by atoms with van der Waals surface area (Å²) < 4.78 is 0. The summed E-state index contributed by atoms with van der Waals surface area (Å²) in [5, 5.41) is 3.38. The molecule has 0 aliphatic carbocycles. The van der Waals surface area contributed by atoms with Crippen molar-refractivity contribution < 1.29 is 14.4 Å². The van der Waals surface area contributed by atoms with Gasteiger partial charge in [-0.3, -0.25) is 19.3 Å². The van der Waals surface area contributed by atoms with Crippen molar-refractivity contribution in [2.45, 2.75) is 45.7 Å². The van der Waals surface area contributed by atoms with E-state index in [1.165, 1.54) is 11.3 Å². The van der Waals surface area contributed by atoms with Gasteiger partial charge in [-0.1, -0.05) is 12.1 Å². The average Bonchev–Trinajstić information content (AvgIpc) is 3.13. The molecular formula is C20H22N4O3S. The first-order chi connectivity index (χ1) is 13.3. The van der Waals surface area contributed by atoms with Crippen LogP contribution in [0.4, 0.5) is 10.8 Å². The number of rotatable bonds is 4. The lowest BCUT2D eigenvalue weighted by Crippen LogP contribution is -2.62. The molecule has 1 aromatic carbocycles. The van der Waals surface area contributed by atoms with Gasteiger partial charge < -0.3 is 10.2 Å². The van der Waals surface area contributed by atoms with Gasteiger partial charge in [-0.25, -0.2) is 4.98 Å². The quantitative estimate of drug-likeness (QED) is 0.858. The van der Waals surface area contributed by atoms with Crippen molar-refractivity contribution in [2.24, 2.45) is 0 Å². The summed E-state index contributed by atoms with van der Waals surface area (Å²) in [6, 6.07) is 7.17. The number of aryl methyl sites for hydroxylation is 2. The number of carbonyl (C=O) groups excluding carboxylic acids is 3. The summed E-state index contributed by atoms with van der Waals surface area (Å²) in [6.45, 7) is 6.00. The number of nitrogens with zero attached hydrogens (tertiary/aromatic N) is 3. The van der Waals surface area contributed by atoms with E-state index in [1.54, 1.807) is 21.9 Å². The maximum absolute atomic E-state index is 13.1. The first kappa shape index (κ1) is 18.6. The third-order valence-corrected chi connectivity index (χ3v) is 6.57. The van der Waals surface area contributed by atoms with E-state index in [-0.39, 0.29) is 30.7 Å². The summed E-state index contributed by atoms with van der Waals surface area (Å²) >= 11 is 1.43. The topological polar surface area (TPSA) is 82.6 Å². The number of amides is 3. The van der Waals surface area contributed by atoms with E-state index in [2.05, 4.69) is 10.3 Å². The fourth-order valence-corrected chi connectivity index (χ4v) is 4.79.